The fourth-order valence-electron chi connectivity index (χ4n) is 2.16. The van der Waals surface area contributed by atoms with Gasteiger partial charge in [0.05, 0.1) is 22.9 Å². The molecule has 0 bridgehead atoms. The van der Waals surface area contributed by atoms with E-state index in [2.05, 4.69) is 15.5 Å². The lowest BCUT2D eigenvalue weighted by atomic mass is 10.1. The first kappa shape index (κ1) is 17.0. The van der Waals surface area contributed by atoms with Crippen LogP contribution in [0.4, 0.5) is 19.1 Å². The molecule has 1 N–H and O–H groups in total. The number of nitrogens with one attached hydrogen (secondary N) is 1. The summed E-state index contributed by atoms with van der Waals surface area (Å²) in [4.78, 5) is 15.8. The second-order valence-electron chi connectivity index (χ2n) is 4.95. The zero-order valence-electron chi connectivity index (χ0n) is 12.3. The zero-order chi connectivity index (χ0) is 18.0. The zero-order valence-corrected chi connectivity index (χ0v) is 13.1. The average Bonchev–Trinajstić information content (AvgIpc) is 3.03. The number of pyridine rings is 1. The molecule has 5 nitrogen and oxygen atoms in total. The minimum absolute atomic E-state index is 0.0794. The maximum Gasteiger partial charge on any atom is 0.417 e. The summed E-state index contributed by atoms with van der Waals surface area (Å²) in [5, 5.41) is 6.38. The van der Waals surface area contributed by atoms with Gasteiger partial charge >= 0.3 is 6.18 Å². The van der Waals surface area contributed by atoms with E-state index in [0.717, 1.165) is 18.5 Å². The molecular weight excluding hydrogens is 359 g/mol. The fourth-order valence-corrected chi connectivity index (χ4v) is 2.28. The normalized spacial score (nSPS) is 11.4. The minimum Gasteiger partial charge on any atom is -0.338 e. The van der Waals surface area contributed by atoms with E-state index < -0.39 is 23.2 Å². The maximum absolute atomic E-state index is 13.0. The quantitative estimate of drug-likeness (QED) is 0.731. The van der Waals surface area contributed by atoms with Crippen molar-refractivity contribution < 1.29 is 22.5 Å². The molecule has 0 saturated heterocycles. The maximum atomic E-state index is 13.0. The highest BCUT2D eigenvalue weighted by atomic mass is 35.5. The van der Waals surface area contributed by atoms with Crippen LogP contribution < -0.4 is 5.32 Å². The average molecular weight is 368 g/mol. The van der Waals surface area contributed by atoms with E-state index >= 15 is 0 Å². The number of nitrogens with zero attached hydrogens (tertiary/aromatic N) is 2. The molecule has 9 heteroatoms. The first-order valence-electron chi connectivity index (χ1n) is 6.89. The first-order chi connectivity index (χ1) is 11.9. The van der Waals surface area contributed by atoms with Crippen LogP contribution in [0.15, 0.2) is 53.4 Å². The second-order valence-corrected chi connectivity index (χ2v) is 5.39. The van der Waals surface area contributed by atoms with E-state index in [0.29, 0.717) is 16.1 Å². The molecule has 0 atom stereocenters. The Bertz CT molecular complexity index is 907. The largest absolute Gasteiger partial charge is 0.417 e. The summed E-state index contributed by atoms with van der Waals surface area (Å²) in [7, 11) is 0. The lowest BCUT2D eigenvalue weighted by Crippen LogP contribution is -2.19. The van der Waals surface area contributed by atoms with Crippen molar-refractivity contribution in [2.45, 2.75) is 6.18 Å². The van der Waals surface area contributed by atoms with Gasteiger partial charge in [-0.2, -0.15) is 13.2 Å². The van der Waals surface area contributed by atoms with E-state index in [1.807, 2.05) is 0 Å². The molecule has 0 saturated carbocycles. The predicted octanol–water partition coefficient (Wildman–Crippen LogP) is 4.66. The highest BCUT2D eigenvalue weighted by Gasteiger charge is 2.35. The molecule has 128 valence electrons. The van der Waals surface area contributed by atoms with Crippen molar-refractivity contribution in [3.63, 3.8) is 0 Å². The lowest BCUT2D eigenvalue weighted by Gasteiger charge is -2.11. The fraction of sp³-hybridized carbons (Fsp3) is 0.0625. The number of anilines is 1. The number of hydrogen-bond acceptors (Lipinski definition) is 4. The highest BCUT2D eigenvalue weighted by Crippen LogP contribution is 2.33. The van der Waals surface area contributed by atoms with E-state index in [4.69, 9.17) is 16.1 Å². The van der Waals surface area contributed by atoms with Gasteiger partial charge in [-0.05, 0) is 23.8 Å². The molecule has 0 aliphatic heterocycles. The van der Waals surface area contributed by atoms with Gasteiger partial charge in [0.15, 0.2) is 0 Å². The number of amides is 1. The molecule has 0 aliphatic carbocycles. The Morgan fingerprint density at radius 2 is 1.84 bits per heavy atom. The smallest absolute Gasteiger partial charge is 0.338 e. The SMILES string of the molecule is O=C(Nc1oncc1-c1ccc(Cl)cc1)c1cnccc1C(F)(F)F. The Hall–Kier alpha value is -2.87. The summed E-state index contributed by atoms with van der Waals surface area (Å²) >= 11 is 5.82. The van der Waals surface area contributed by atoms with Gasteiger partial charge < -0.3 is 4.52 Å². The third-order valence-corrected chi connectivity index (χ3v) is 3.58. The summed E-state index contributed by atoms with van der Waals surface area (Å²) in [5.41, 5.74) is -0.674. The summed E-state index contributed by atoms with van der Waals surface area (Å²) in [6.45, 7) is 0. The Balaban J connectivity index is 1.91. The van der Waals surface area contributed by atoms with Gasteiger partial charge in [-0.25, -0.2) is 0 Å². The molecule has 0 aliphatic rings. The van der Waals surface area contributed by atoms with Gasteiger partial charge in [0.2, 0.25) is 5.88 Å². The molecule has 2 heterocycles. The number of carbonyl (C=O) groups is 1. The van der Waals surface area contributed by atoms with Crippen LogP contribution in [0.25, 0.3) is 11.1 Å². The van der Waals surface area contributed by atoms with Crippen LogP contribution in [-0.2, 0) is 6.18 Å². The van der Waals surface area contributed by atoms with Crippen LogP contribution in [0.3, 0.4) is 0 Å². The minimum atomic E-state index is -4.68. The molecule has 1 amide bonds. The van der Waals surface area contributed by atoms with Crippen molar-refractivity contribution >= 4 is 23.4 Å². The van der Waals surface area contributed by atoms with Gasteiger partial charge in [0.25, 0.3) is 5.91 Å². The molecule has 0 unspecified atom stereocenters. The Morgan fingerprint density at radius 1 is 1.12 bits per heavy atom. The van der Waals surface area contributed by atoms with Gasteiger partial charge in [-0.1, -0.05) is 28.9 Å². The lowest BCUT2D eigenvalue weighted by molar-refractivity contribution is -0.138. The van der Waals surface area contributed by atoms with Gasteiger partial charge in [-0.15, -0.1) is 0 Å². The predicted molar refractivity (Wildman–Crippen MR) is 84.1 cm³/mol. The number of hydrogen-bond donors (Lipinski definition) is 1. The third-order valence-electron chi connectivity index (χ3n) is 3.32. The van der Waals surface area contributed by atoms with Gasteiger partial charge in [0.1, 0.15) is 0 Å². The molecule has 1 aromatic carbocycles. The summed E-state index contributed by atoms with van der Waals surface area (Å²) < 4.78 is 44.0. The van der Waals surface area contributed by atoms with Crippen LogP contribution in [0, 0.1) is 0 Å². The summed E-state index contributed by atoms with van der Waals surface area (Å²) in [6.07, 6.45) is -1.54. The monoisotopic (exact) mass is 367 g/mol. The van der Waals surface area contributed by atoms with Crippen molar-refractivity contribution in [2.24, 2.45) is 0 Å². The molecule has 25 heavy (non-hydrogen) atoms. The van der Waals surface area contributed by atoms with Crippen LogP contribution in [0.1, 0.15) is 15.9 Å². The Labute approximate surface area is 144 Å². The molecule has 0 spiro atoms. The topological polar surface area (TPSA) is 68.0 Å². The van der Waals surface area contributed by atoms with E-state index in [1.54, 1.807) is 24.3 Å². The summed E-state index contributed by atoms with van der Waals surface area (Å²) in [5.74, 6) is -1.09. The van der Waals surface area contributed by atoms with Crippen LogP contribution in [0.2, 0.25) is 5.02 Å². The number of halogens is 4. The third kappa shape index (κ3) is 3.63. The number of carbonyl (C=O) groups excluding carboxylic acids is 1. The standard InChI is InChI=1S/C16H9ClF3N3O2/c17-10-3-1-9(2-4-10)11-8-22-25-15(11)23-14(24)12-7-21-6-5-13(12)16(18,19)20/h1-8H,(H,23,24). The van der Waals surface area contributed by atoms with Crippen molar-refractivity contribution in [3.05, 3.63) is 65.1 Å². The van der Waals surface area contributed by atoms with Crippen molar-refractivity contribution in [1.29, 1.82) is 0 Å². The van der Waals surface area contributed by atoms with E-state index in [1.165, 1.54) is 6.20 Å². The highest BCUT2D eigenvalue weighted by molar-refractivity contribution is 6.30. The summed E-state index contributed by atoms with van der Waals surface area (Å²) in [6, 6.07) is 7.30. The molecule has 2 aromatic heterocycles. The number of benzene rings is 1. The molecule has 0 radical (unpaired) electrons. The van der Waals surface area contributed by atoms with Crippen LogP contribution in [0.5, 0.6) is 0 Å². The van der Waals surface area contributed by atoms with Crippen molar-refractivity contribution in [1.82, 2.24) is 10.1 Å². The first-order valence-corrected chi connectivity index (χ1v) is 7.27. The molecule has 3 rings (SSSR count). The Kier molecular flexibility index (Phi) is 4.45. The van der Waals surface area contributed by atoms with Crippen molar-refractivity contribution in [3.8, 4) is 11.1 Å². The van der Waals surface area contributed by atoms with Gasteiger partial charge in [0, 0.05) is 17.4 Å². The van der Waals surface area contributed by atoms with Crippen molar-refractivity contribution in [2.75, 3.05) is 5.32 Å². The van der Waals surface area contributed by atoms with E-state index in [-0.39, 0.29) is 5.88 Å². The van der Waals surface area contributed by atoms with Crippen LogP contribution >= 0.6 is 11.6 Å². The molecule has 3 aromatic rings. The number of alkyl halides is 3. The van der Waals surface area contributed by atoms with Gasteiger partial charge in [-0.3, -0.25) is 15.1 Å². The van der Waals surface area contributed by atoms with E-state index in [9.17, 15) is 18.0 Å². The Morgan fingerprint density at radius 3 is 2.52 bits per heavy atom. The number of aromatic nitrogens is 2. The number of rotatable bonds is 3. The van der Waals surface area contributed by atoms with Crippen LogP contribution in [-0.4, -0.2) is 16.0 Å². The second kappa shape index (κ2) is 6.56. The molecular formula is C16H9ClF3N3O2. The molecule has 0 fully saturated rings.